The van der Waals surface area contributed by atoms with E-state index >= 15 is 0 Å². The Bertz CT molecular complexity index is 327. The van der Waals surface area contributed by atoms with Crippen molar-refractivity contribution in [1.29, 1.82) is 0 Å². The molecule has 0 unspecified atom stereocenters. The minimum Gasteiger partial charge on any atom is -0.399 e. The first-order chi connectivity index (χ1) is 6.99. The summed E-state index contributed by atoms with van der Waals surface area (Å²) in [4.78, 5) is 5.36. The molecule has 0 bridgehead atoms. The van der Waals surface area contributed by atoms with E-state index in [2.05, 4.69) is 24.8 Å². The predicted molar refractivity (Wildman–Crippen MR) is 68.0 cm³/mol. The van der Waals surface area contributed by atoms with Crippen LogP contribution in [0.3, 0.4) is 0 Å². The predicted octanol–water partition coefficient (Wildman–Crippen LogP) is 3.30. The normalized spacial score (nSPS) is 12.7. The number of benzene rings is 1. The van der Waals surface area contributed by atoms with Crippen molar-refractivity contribution in [3.8, 4) is 0 Å². The van der Waals surface area contributed by atoms with E-state index in [0.717, 1.165) is 17.5 Å². The van der Waals surface area contributed by atoms with Crippen LogP contribution < -0.4 is 0 Å². The van der Waals surface area contributed by atoms with Crippen molar-refractivity contribution in [2.45, 2.75) is 26.6 Å². The topological polar surface area (TPSA) is 21.6 Å². The summed E-state index contributed by atoms with van der Waals surface area (Å²) in [6.07, 6.45) is 0.775. The summed E-state index contributed by atoms with van der Waals surface area (Å²) in [5, 5.41) is 4.13. The Hall–Kier alpha value is -1.09. The molecule has 0 N–H and O–H groups in total. The number of hydrogen-bond acceptors (Lipinski definition) is 2. The molecule has 0 amide bonds. The second kappa shape index (κ2) is 5.12. The van der Waals surface area contributed by atoms with Gasteiger partial charge in [-0.3, -0.25) is 0 Å². The molecule has 0 saturated heterocycles. The molecule has 0 atom stereocenters. The van der Waals surface area contributed by atoms with Gasteiger partial charge in [0.15, 0.2) is 0 Å². The van der Waals surface area contributed by atoms with E-state index < -0.39 is 8.07 Å². The van der Waals surface area contributed by atoms with Gasteiger partial charge < -0.3 is 4.84 Å². The van der Waals surface area contributed by atoms with Gasteiger partial charge in [0.2, 0.25) is 0 Å². The Kier molecular flexibility index (Phi) is 4.09. The lowest BCUT2D eigenvalue weighted by Crippen LogP contribution is -2.27. The Morgan fingerprint density at radius 1 is 1.20 bits per heavy atom. The second-order valence-electron chi connectivity index (χ2n) is 4.88. The molecule has 0 aliphatic heterocycles. The van der Waals surface area contributed by atoms with Crippen LogP contribution in [0.15, 0.2) is 35.5 Å². The first-order valence-corrected chi connectivity index (χ1v) is 8.92. The molecular weight excluding hydrogens is 202 g/mol. The number of hydrogen-bond donors (Lipinski definition) is 0. The van der Waals surface area contributed by atoms with Gasteiger partial charge in [-0.1, -0.05) is 55.1 Å². The van der Waals surface area contributed by atoms with Crippen molar-refractivity contribution < 1.29 is 4.84 Å². The van der Waals surface area contributed by atoms with Crippen molar-refractivity contribution in [3.63, 3.8) is 0 Å². The molecule has 1 aromatic rings. The molecule has 0 saturated carbocycles. The molecule has 0 spiro atoms. The van der Waals surface area contributed by atoms with E-state index in [1.807, 2.05) is 37.3 Å². The molecule has 15 heavy (non-hydrogen) atoms. The van der Waals surface area contributed by atoms with Crippen LogP contribution in [-0.4, -0.2) is 20.0 Å². The zero-order valence-electron chi connectivity index (χ0n) is 9.95. The molecule has 1 aromatic carbocycles. The molecule has 2 nitrogen and oxygen atoms in total. The van der Waals surface area contributed by atoms with Gasteiger partial charge in [0.25, 0.3) is 0 Å². The fraction of sp³-hybridized carbons (Fsp3) is 0.417. The molecule has 0 radical (unpaired) electrons. The minimum atomic E-state index is -1.15. The third-order valence-corrected chi connectivity index (χ3v) is 2.89. The highest BCUT2D eigenvalue weighted by Gasteiger charge is 2.13. The van der Waals surface area contributed by atoms with Crippen molar-refractivity contribution in [3.05, 3.63) is 35.9 Å². The third kappa shape index (κ3) is 4.79. The van der Waals surface area contributed by atoms with Crippen LogP contribution in [0.5, 0.6) is 0 Å². The monoisotopic (exact) mass is 221 g/mol. The van der Waals surface area contributed by atoms with Crippen LogP contribution in [0.25, 0.3) is 0 Å². The molecule has 0 aliphatic rings. The van der Waals surface area contributed by atoms with Gasteiger partial charge in [-0.15, -0.1) is 0 Å². The van der Waals surface area contributed by atoms with Gasteiger partial charge in [0.1, 0.15) is 6.23 Å². The average Bonchev–Trinajstić information content (AvgIpc) is 2.17. The summed E-state index contributed by atoms with van der Waals surface area (Å²) in [6.45, 7) is 8.76. The second-order valence-corrected chi connectivity index (χ2v) is 10.3. The van der Waals surface area contributed by atoms with Gasteiger partial charge in [-0.25, -0.2) is 0 Å². The van der Waals surface area contributed by atoms with Crippen molar-refractivity contribution in [2.75, 3.05) is 6.23 Å². The van der Waals surface area contributed by atoms with E-state index in [-0.39, 0.29) is 0 Å². The Balaban J connectivity index is 2.54. The molecular formula is C12H19NOSi. The largest absolute Gasteiger partial charge is 0.399 e. The van der Waals surface area contributed by atoms with Crippen LogP contribution in [-0.2, 0) is 4.84 Å². The van der Waals surface area contributed by atoms with Gasteiger partial charge in [-0.2, -0.15) is 0 Å². The smallest absolute Gasteiger partial charge is 0.105 e. The highest BCUT2D eigenvalue weighted by atomic mass is 28.3. The number of nitrogens with zero attached hydrogens (tertiary/aromatic N) is 1. The molecule has 0 fully saturated rings. The van der Waals surface area contributed by atoms with E-state index in [9.17, 15) is 0 Å². The maximum absolute atomic E-state index is 5.36. The molecule has 1 rings (SSSR count). The SMILES string of the molecule is C/C(=N/OC[Si](C)(C)C)c1ccccc1. The van der Waals surface area contributed by atoms with Crippen LogP contribution in [0.4, 0.5) is 0 Å². The average molecular weight is 221 g/mol. The summed E-state index contributed by atoms with van der Waals surface area (Å²) < 4.78 is 0. The summed E-state index contributed by atoms with van der Waals surface area (Å²) in [7, 11) is -1.15. The lowest BCUT2D eigenvalue weighted by Gasteiger charge is -2.13. The number of rotatable bonds is 4. The highest BCUT2D eigenvalue weighted by Crippen LogP contribution is 2.04. The van der Waals surface area contributed by atoms with Crippen molar-refractivity contribution in [2.24, 2.45) is 5.16 Å². The maximum Gasteiger partial charge on any atom is 0.105 e. The minimum absolute atomic E-state index is 0.775. The van der Waals surface area contributed by atoms with Gasteiger partial charge in [-0.05, 0) is 12.5 Å². The molecule has 82 valence electrons. The fourth-order valence-corrected chi connectivity index (χ4v) is 1.51. The lowest BCUT2D eigenvalue weighted by atomic mass is 10.1. The van der Waals surface area contributed by atoms with Crippen LogP contribution in [0.1, 0.15) is 12.5 Å². The zero-order chi connectivity index (χ0) is 11.3. The Labute approximate surface area is 93.0 Å². The van der Waals surface area contributed by atoms with E-state index in [4.69, 9.17) is 4.84 Å². The molecule has 0 heterocycles. The summed E-state index contributed by atoms with van der Waals surface area (Å²) >= 11 is 0. The van der Waals surface area contributed by atoms with Crippen molar-refractivity contribution in [1.82, 2.24) is 0 Å². The standard InChI is InChI=1S/C12H19NOSi/c1-11(12-8-6-5-7-9-12)13-14-10-15(2,3)4/h5-9H,10H2,1-4H3/b13-11-. The van der Waals surface area contributed by atoms with Crippen LogP contribution in [0.2, 0.25) is 19.6 Å². The molecule has 0 aromatic heterocycles. The first-order valence-electron chi connectivity index (χ1n) is 5.21. The summed E-state index contributed by atoms with van der Waals surface area (Å²) in [5.41, 5.74) is 2.06. The molecule has 3 heteroatoms. The van der Waals surface area contributed by atoms with Gasteiger partial charge in [0.05, 0.1) is 13.8 Å². The van der Waals surface area contributed by atoms with Crippen LogP contribution >= 0.6 is 0 Å². The maximum atomic E-state index is 5.36. The zero-order valence-corrected chi connectivity index (χ0v) is 10.9. The van der Waals surface area contributed by atoms with E-state index in [0.29, 0.717) is 0 Å². The molecule has 0 aliphatic carbocycles. The Morgan fingerprint density at radius 3 is 2.33 bits per heavy atom. The van der Waals surface area contributed by atoms with Crippen LogP contribution in [0, 0.1) is 0 Å². The van der Waals surface area contributed by atoms with Crippen molar-refractivity contribution >= 4 is 13.8 Å². The summed E-state index contributed by atoms with van der Waals surface area (Å²) in [6, 6.07) is 10.1. The first kappa shape index (κ1) is 12.0. The number of oxime groups is 1. The Morgan fingerprint density at radius 2 is 1.80 bits per heavy atom. The van der Waals surface area contributed by atoms with E-state index in [1.165, 1.54) is 0 Å². The lowest BCUT2D eigenvalue weighted by molar-refractivity contribution is 0.186. The third-order valence-electron chi connectivity index (χ3n) is 1.89. The summed E-state index contributed by atoms with van der Waals surface area (Å²) in [5.74, 6) is 0. The quantitative estimate of drug-likeness (QED) is 0.434. The highest BCUT2D eigenvalue weighted by molar-refractivity contribution is 6.76. The van der Waals surface area contributed by atoms with Gasteiger partial charge in [0, 0.05) is 0 Å². The van der Waals surface area contributed by atoms with Gasteiger partial charge >= 0.3 is 0 Å². The fourth-order valence-electron chi connectivity index (χ4n) is 1.05. The van der Waals surface area contributed by atoms with E-state index in [1.54, 1.807) is 0 Å².